The van der Waals surface area contributed by atoms with E-state index in [1.165, 1.54) is 13.2 Å². The summed E-state index contributed by atoms with van der Waals surface area (Å²) in [6, 6.07) is 14.1. The molecule has 4 nitrogen and oxygen atoms in total. The smallest absolute Gasteiger partial charge is 0.333 e. The van der Waals surface area contributed by atoms with E-state index < -0.39 is 12.0 Å². The molecule has 0 spiro atoms. The van der Waals surface area contributed by atoms with Crippen LogP contribution in [0.1, 0.15) is 22.7 Å². The Hall–Kier alpha value is -2.40. The summed E-state index contributed by atoms with van der Waals surface area (Å²) in [7, 11) is 1.29. The minimum Gasteiger partial charge on any atom is -0.467 e. The van der Waals surface area contributed by atoms with Gasteiger partial charge >= 0.3 is 5.97 Å². The highest BCUT2D eigenvalue weighted by atomic mass is 79.9. The Bertz CT molecular complexity index is 736. The van der Waals surface area contributed by atoms with Gasteiger partial charge in [0, 0.05) is 10.5 Å². The summed E-state index contributed by atoms with van der Waals surface area (Å²) in [5.41, 5.74) is 2.72. The molecule has 0 saturated heterocycles. The predicted octanol–water partition coefficient (Wildman–Crippen LogP) is 3.80. The maximum atomic E-state index is 12.1. The van der Waals surface area contributed by atoms with Crippen LogP contribution in [-0.4, -0.2) is 19.0 Å². The number of ether oxygens (including phenoxy) is 1. The number of nitrogens with one attached hydrogen (secondary N) is 1. The molecule has 2 aromatic carbocycles. The van der Waals surface area contributed by atoms with E-state index in [-0.39, 0.29) is 5.91 Å². The van der Waals surface area contributed by atoms with Gasteiger partial charge in [0.15, 0.2) is 6.04 Å². The van der Waals surface area contributed by atoms with Crippen molar-refractivity contribution < 1.29 is 14.3 Å². The second kappa shape index (κ2) is 8.45. The van der Waals surface area contributed by atoms with E-state index >= 15 is 0 Å². The first kappa shape index (κ1) is 17.9. The lowest BCUT2D eigenvalue weighted by molar-refractivity contribution is -0.144. The fourth-order valence-corrected chi connectivity index (χ4v) is 2.36. The van der Waals surface area contributed by atoms with E-state index in [0.717, 1.165) is 15.6 Å². The first-order valence-corrected chi connectivity index (χ1v) is 8.17. The van der Waals surface area contributed by atoms with Crippen molar-refractivity contribution in [3.63, 3.8) is 0 Å². The number of amides is 1. The Labute approximate surface area is 149 Å². The number of rotatable bonds is 5. The van der Waals surface area contributed by atoms with E-state index in [9.17, 15) is 9.59 Å². The average Bonchev–Trinajstić information content (AvgIpc) is 2.59. The fourth-order valence-electron chi connectivity index (χ4n) is 2.09. The van der Waals surface area contributed by atoms with Gasteiger partial charge in [0.25, 0.3) is 0 Å². The highest BCUT2D eigenvalue weighted by Gasteiger charge is 2.22. The maximum absolute atomic E-state index is 12.1. The number of esters is 1. The summed E-state index contributed by atoms with van der Waals surface area (Å²) >= 11 is 3.34. The molecule has 0 bridgehead atoms. The van der Waals surface area contributed by atoms with Crippen LogP contribution in [-0.2, 0) is 14.3 Å². The highest BCUT2D eigenvalue weighted by Crippen LogP contribution is 2.18. The second-order valence-corrected chi connectivity index (χ2v) is 6.18. The van der Waals surface area contributed by atoms with Crippen molar-refractivity contribution in [3.8, 4) is 0 Å². The van der Waals surface area contributed by atoms with Gasteiger partial charge in [-0.2, -0.15) is 0 Å². The van der Waals surface area contributed by atoms with Crippen molar-refractivity contribution in [2.24, 2.45) is 0 Å². The monoisotopic (exact) mass is 387 g/mol. The SMILES string of the molecule is COC(=O)C(NC(=O)/C=C/c1ccc(C)cc1)c1ccc(Br)cc1. The molecule has 0 aromatic heterocycles. The number of carbonyl (C=O) groups excluding carboxylic acids is 2. The van der Waals surface area contributed by atoms with Crippen molar-refractivity contribution in [3.05, 3.63) is 75.8 Å². The van der Waals surface area contributed by atoms with Crippen LogP contribution in [0.4, 0.5) is 0 Å². The van der Waals surface area contributed by atoms with E-state index in [1.807, 2.05) is 31.2 Å². The third kappa shape index (κ3) is 5.06. The van der Waals surface area contributed by atoms with Crippen LogP contribution in [0.2, 0.25) is 0 Å². The molecular formula is C19H18BrNO3. The molecule has 1 unspecified atom stereocenters. The standard InChI is InChI=1S/C19H18BrNO3/c1-13-3-5-14(6-4-13)7-12-17(22)21-18(19(23)24-2)15-8-10-16(20)11-9-15/h3-12,18H,1-2H3,(H,21,22)/b12-7+. The highest BCUT2D eigenvalue weighted by molar-refractivity contribution is 9.10. The number of methoxy groups -OCH3 is 1. The molecule has 0 aliphatic heterocycles. The van der Waals surface area contributed by atoms with Gasteiger partial charge in [-0.3, -0.25) is 4.79 Å². The van der Waals surface area contributed by atoms with Crippen molar-refractivity contribution in [2.45, 2.75) is 13.0 Å². The molecule has 1 atom stereocenters. The van der Waals surface area contributed by atoms with Gasteiger partial charge in [-0.15, -0.1) is 0 Å². The minimum absolute atomic E-state index is 0.367. The second-order valence-electron chi connectivity index (χ2n) is 5.26. The van der Waals surface area contributed by atoms with Gasteiger partial charge < -0.3 is 10.1 Å². The zero-order valence-electron chi connectivity index (χ0n) is 13.5. The Morgan fingerprint density at radius 2 is 1.71 bits per heavy atom. The summed E-state index contributed by atoms with van der Waals surface area (Å²) in [5.74, 6) is -0.886. The van der Waals surface area contributed by atoms with Crippen molar-refractivity contribution in [1.82, 2.24) is 5.32 Å². The quantitative estimate of drug-likeness (QED) is 0.626. The molecule has 2 rings (SSSR count). The number of carbonyl (C=O) groups is 2. The van der Waals surface area contributed by atoms with Gasteiger partial charge in [0.2, 0.25) is 5.91 Å². The molecule has 1 N–H and O–H groups in total. The first-order valence-electron chi connectivity index (χ1n) is 7.38. The summed E-state index contributed by atoms with van der Waals surface area (Å²) in [6.45, 7) is 2.00. The van der Waals surface area contributed by atoms with Gasteiger partial charge in [-0.05, 0) is 36.3 Å². The maximum Gasteiger partial charge on any atom is 0.333 e. The van der Waals surface area contributed by atoms with Gasteiger partial charge in [0.05, 0.1) is 7.11 Å². The van der Waals surface area contributed by atoms with E-state index in [2.05, 4.69) is 21.2 Å². The number of hydrogen-bond acceptors (Lipinski definition) is 3. The summed E-state index contributed by atoms with van der Waals surface area (Å²) < 4.78 is 5.67. The van der Waals surface area contributed by atoms with E-state index in [1.54, 1.807) is 30.3 Å². The van der Waals surface area contributed by atoms with E-state index in [0.29, 0.717) is 5.56 Å². The lowest BCUT2D eigenvalue weighted by Crippen LogP contribution is -2.33. The predicted molar refractivity (Wildman–Crippen MR) is 97.3 cm³/mol. The molecule has 124 valence electrons. The molecule has 2 aromatic rings. The van der Waals surface area contributed by atoms with Gasteiger partial charge in [0.1, 0.15) is 0 Å². The molecule has 0 fully saturated rings. The summed E-state index contributed by atoms with van der Waals surface area (Å²) in [4.78, 5) is 24.1. The molecule has 0 aliphatic rings. The van der Waals surface area contributed by atoms with Crippen LogP contribution in [0.15, 0.2) is 59.1 Å². The molecule has 0 aliphatic carbocycles. The zero-order valence-corrected chi connectivity index (χ0v) is 15.0. The van der Waals surface area contributed by atoms with Crippen LogP contribution in [0.25, 0.3) is 6.08 Å². The van der Waals surface area contributed by atoms with Crippen LogP contribution < -0.4 is 5.32 Å². The Morgan fingerprint density at radius 1 is 1.08 bits per heavy atom. The lowest BCUT2D eigenvalue weighted by Gasteiger charge is -2.16. The molecule has 24 heavy (non-hydrogen) atoms. The van der Waals surface area contributed by atoms with Crippen molar-refractivity contribution in [2.75, 3.05) is 7.11 Å². The average molecular weight is 388 g/mol. The third-order valence-electron chi connectivity index (χ3n) is 3.43. The molecule has 1 amide bonds. The van der Waals surface area contributed by atoms with Crippen LogP contribution in [0, 0.1) is 6.92 Å². The number of benzene rings is 2. The van der Waals surface area contributed by atoms with Crippen molar-refractivity contribution in [1.29, 1.82) is 0 Å². The Morgan fingerprint density at radius 3 is 2.29 bits per heavy atom. The van der Waals surface area contributed by atoms with Crippen LogP contribution >= 0.6 is 15.9 Å². The molecule has 0 saturated carbocycles. The topological polar surface area (TPSA) is 55.4 Å². The molecule has 0 heterocycles. The molecule has 5 heteroatoms. The Balaban J connectivity index is 2.11. The fraction of sp³-hybridized carbons (Fsp3) is 0.158. The number of aryl methyl sites for hydroxylation is 1. The summed E-state index contributed by atoms with van der Waals surface area (Å²) in [6.07, 6.45) is 3.10. The minimum atomic E-state index is -0.849. The third-order valence-corrected chi connectivity index (χ3v) is 3.96. The number of halogens is 1. The normalized spacial score (nSPS) is 12.0. The summed E-state index contributed by atoms with van der Waals surface area (Å²) in [5, 5.41) is 2.67. The van der Waals surface area contributed by atoms with Crippen LogP contribution in [0.3, 0.4) is 0 Å². The molecular weight excluding hydrogens is 370 g/mol. The molecule has 0 radical (unpaired) electrons. The van der Waals surface area contributed by atoms with Crippen molar-refractivity contribution >= 4 is 33.9 Å². The van der Waals surface area contributed by atoms with E-state index in [4.69, 9.17) is 4.74 Å². The van der Waals surface area contributed by atoms with Gasteiger partial charge in [-0.25, -0.2) is 4.79 Å². The van der Waals surface area contributed by atoms with Gasteiger partial charge in [-0.1, -0.05) is 57.9 Å². The number of hydrogen-bond donors (Lipinski definition) is 1. The van der Waals surface area contributed by atoms with Crippen LogP contribution in [0.5, 0.6) is 0 Å². The largest absolute Gasteiger partial charge is 0.467 e. The zero-order chi connectivity index (χ0) is 17.5. The Kier molecular flexibility index (Phi) is 6.32. The lowest BCUT2D eigenvalue weighted by atomic mass is 10.1. The first-order chi connectivity index (χ1) is 11.5.